The van der Waals surface area contributed by atoms with Crippen LogP contribution in [0, 0.1) is 13.8 Å². The van der Waals surface area contributed by atoms with E-state index in [0.717, 1.165) is 25.9 Å². The van der Waals surface area contributed by atoms with Gasteiger partial charge in [0.05, 0.1) is 5.56 Å². The van der Waals surface area contributed by atoms with Crippen LogP contribution in [0.1, 0.15) is 61.4 Å². The minimum Gasteiger partial charge on any atom is -0.456 e. The van der Waals surface area contributed by atoms with Crippen LogP contribution in [0.2, 0.25) is 0 Å². The van der Waals surface area contributed by atoms with Gasteiger partial charge in [-0.25, -0.2) is 4.79 Å². The number of anilines is 1. The quantitative estimate of drug-likeness (QED) is 0.735. The zero-order chi connectivity index (χ0) is 18.9. The third-order valence-corrected chi connectivity index (χ3v) is 5.02. The maximum absolute atomic E-state index is 12.1. The topological polar surface area (TPSA) is 34.5 Å². The van der Waals surface area contributed by atoms with Crippen LogP contribution in [0.15, 0.2) is 36.4 Å². The molecule has 1 saturated heterocycles. The average Bonchev–Trinajstić information content (AvgIpc) is 2.92. The number of carbonyl (C=O) groups is 1. The van der Waals surface area contributed by atoms with Crippen LogP contribution in [0.4, 0.5) is 5.69 Å². The van der Waals surface area contributed by atoms with E-state index < -0.39 is 5.60 Å². The average molecular weight is 354 g/mol. The van der Waals surface area contributed by atoms with E-state index in [9.17, 15) is 4.79 Å². The van der Waals surface area contributed by atoms with Crippen molar-refractivity contribution >= 4 is 11.7 Å². The fraction of sp³-hybridized carbons (Fsp3) is 0.500. The fourth-order valence-electron chi connectivity index (χ4n) is 3.78. The molecule has 1 aliphatic rings. The summed E-state index contributed by atoms with van der Waals surface area (Å²) in [5, 5.41) is 0. The minimum atomic E-state index is -0.466. The molecule has 26 heavy (non-hydrogen) atoms. The van der Waals surface area contributed by atoms with E-state index in [1.54, 1.807) is 0 Å². The summed E-state index contributed by atoms with van der Waals surface area (Å²) in [5.74, 6) is -0.263. The molecular weight excluding hydrogens is 324 g/mol. The third-order valence-electron chi connectivity index (χ3n) is 5.02. The van der Waals surface area contributed by atoms with Crippen molar-refractivity contribution in [3.8, 4) is 0 Å². The molecule has 4 heteroatoms. The van der Waals surface area contributed by atoms with Gasteiger partial charge in [0.25, 0.3) is 0 Å². The third kappa shape index (κ3) is 4.12. The number of hydrogen-bond acceptors (Lipinski definition) is 3. The lowest BCUT2D eigenvalue weighted by molar-refractivity contribution is 0.00695. The number of ether oxygens (including phenoxy) is 1. The van der Waals surface area contributed by atoms with E-state index in [1.165, 1.54) is 17.1 Å². The highest BCUT2D eigenvalue weighted by atomic mass is 16.6. The largest absolute Gasteiger partial charge is 0.456 e. The monoisotopic (exact) mass is 354 g/mol. The molecule has 0 bridgehead atoms. The van der Waals surface area contributed by atoms with Crippen molar-refractivity contribution in [2.24, 2.45) is 0 Å². The molecule has 0 radical (unpaired) electrons. The van der Waals surface area contributed by atoms with E-state index >= 15 is 0 Å². The molecule has 4 nitrogen and oxygen atoms in total. The molecule has 0 amide bonds. The van der Waals surface area contributed by atoms with E-state index in [0.29, 0.717) is 11.6 Å². The van der Waals surface area contributed by atoms with Gasteiger partial charge < -0.3 is 14.2 Å². The van der Waals surface area contributed by atoms with E-state index in [2.05, 4.69) is 35.4 Å². The molecule has 1 aromatic carbocycles. The second-order valence-corrected chi connectivity index (χ2v) is 8.25. The second-order valence-electron chi connectivity index (χ2n) is 8.25. The van der Waals surface area contributed by atoms with Crippen molar-refractivity contribution in [1.29, 1.82) is 0 Å². The van der Waals surface area contributed by atoms with Crippen molar-refractivity contribution < 1.29 is 9.53 Å². The lowest BCUT2D eigenvalue weighted by Gasteiger charge is -2.35. The van der Waals surface area contributed by atoms with Gasteiger partial charge in [-0.2, -0.15) is 0 Å². The van der Waals surface area contributed by atoms with E-state index in [-0.39, 0.29) is 5.97 Å². The first-order chi connectivity index (χ1) is 12.2. The first kappa shape index (κ1) is 18.6. The molecular formula is C22H30N2O2. The minimum absolute atomic E-state index is 0.263. The van der Waals surface area contributed by atoms with Gasteiger partial charge in [0.2, 0.25) is 0 Å². The molecule has 3 rings (SSSR count). The van der Waals surface area contributed by atoms with Crippen molar-refractivity contribution in [1.82, 2.24) is 4.57 Å². The highest BCUT2D eigenvalue weighted by molar-refractivity contribution is 5.90. The van der Waals surface area contributed by atoms with Crippen LogP contribution in [0.3, 0.4) is 0 Å². The van der Waals surface area contributed by atoms with Gasteiger partial charge in [-0.05, 0) is 83.9 Å². The molecule has 2 aromatic rings. The van der Waals surface area contributed by atoms with Gasteiger partial charge in [0, 0.05) is 36.2 Å². The zero-order valence-electron chi connectivity index (χ0n) is 16.6. The number of hydrogen-bond donors (Lipinski definition) is 0. The lowest BCUT2D eigenvalue weighted by Crippen LogP contribution is -2.35. The summed E-state index contributed by atoms with van der Waals surface area (Å²) in [6, 6.07) is 12.8. The second kappa shape index (κ2) is 7.18. The SMILES string of the molecule is Cc1ccc(C)n1C1CCN(c2ccc(C(=O)OC(C)(C)C)cc2)CC1. The number of piperidine rings is 1. The van der Waals surface area contributed by atoms with E-state index in [1.807, 2.05) is 45.0 Å². The Hall–Kier alpha value is -2.23. The van der Waals surface area contributed by atoms with Gasteiger partial charge in [-0.1, -0.05) is 0 Å². The Morgan fingerprint density at radius 3 is 2.00 bits per heavy atom. The maximum atomic E-state index is 12.1. The van der Waals surface area contributed by atoms with Gasteiger partial charge in [-0.3, -0.25) is 0 Å². The van der Waals surface area contributed by atoms with Crippen LogP contribution < -0.4 is 4.90 Å². The summed E-state index contributed by atoms with van der Waals surface area (Å²) < 4.78 is 7.91. The number of esters is 1. The van der Waals surface area contributed by atoms with Gasteiger partial charge in [-0.15, -0.1) is 0 Å². The van der Waals surface area contributed by atoms with Crippen LogP contribution >= 0.6 is 0 Å². The summed E-state index contributed by atoms with van der Waals surface area (Å²) in [7, 11) is 0. The molecule has 1 fully saturated rings. The van der Waals surface area contributed by atoms with Crippen molar-refractivity contribution in [3.63, 3.8) is 0 Å². The van der Waals surface area contributed by atoms with Crippen LogP contribution in [0.25, 0.3) is 0 Å². The Morgan fingerprint density at radius 1 is 0.962 bits per heavy atom. The predicted octanol–water partition coefficient (Wildman–Crippen LogP) is 4.90. The van der Waals surface area contributed by atoms with Crippen LogP contribution in [-0.2, 0) is 4.74 Å². The van der Waals surface area contributed by atoms with Crippen LogP contribution in [0.5, 0.6) is 0 Å². The molecule has 0 saturated carbocycles. The normalized spacial score (nSPS) is 16.0. The van der Waals surface area contributed by atoms with Crippen molar-refractivity contribution in [2.75, 3.05) is 18.0 Å². The molecule has 1 aliphatic heterocycles. The molecule has 0 atom stereocenters. The maximum Gasteiger partial charge on any atom is 0.338 e. The highest BCUT2D eigenvalue weighted by Gasteiger charge is 2.23. The molecule has 2 heterocycles. The molecule has 0 spiro atoms. The van der Waals surface area contributed by atoms with E-state index in [4.69, 9.17) is 4.74 Å². The van der Waals surface area contributed by atoms with Gasteiger partial charge in [0.1, 0.15) is 5.60 Å². The smallest absolute Gasteiger partial charge is 0.338 e. The molecule has 140 valence electrons. The standard InChI is InChI=1S/C22H30N2O2/c1-16-6-7-17(2)24(16)20-12-14-23(15-13-20)19-10-8-18(9-11-19)21(25)26-22(3,4)5/h6-11,20H,12-15H2,1-5H3. The summed E-state index contributed by atoms with van der Waals surface area (Å²) in [4.78, 5) is 14.6. The lowest BCUT2D eigenvalue weighted by atomic mass is 10.0. The number of nitrogens with zero attached hydrogens (tertiary/aromatic N) is 2. The number of aryl methyl sites for hydroxylation is 2. The number of carbonyl (C=O) groups excluding carboxylic acids is 1. The first-order valence-electron chi connectivity index (χ1n) is 9.47. The highest BCUT2D eigenvalue weighted by Crippen LogP contribution is 2.29. The Kier molecular flexibility index (Phi) is 5.12. The predicted molar refractivity (Wildman–Crippen MR) is 106 cm³/mol. The fourth-order valence-corrected chi connectivity index (χ4v) is 3.78. The Bertz CT molecular complexity index is 741. The van der Waals surface area contributed by atoms with Crippen molar-refractivity contribution in [3.05, 3.63) is 53.3 Å². The number of aromatic nitrogens is 1. The summed E-state index contributed by atoms with van der Waals surface area (Å²) in [6.45, 7) is 12.1. The summed E-state index contributed by atoms with van der Waals surface area (Å²) >= 11 is 0. The molecule has 0 N–H and O–H groups in total. The molecule has 0 aliphatic carbocycles. The Morgan fingerprint density at radius 2 is 1.50 bits per heavy atom. The zero-order valence-corrected chi connectivity index (χ0v) is 16.6. The molecule has 1 aromatic heterocycles. The molecule has 0 unspecified atom stereocenters. The Labute approximate surface area is 156 Å². The summed E-state index contributed by atoms with van der Waals surface area (Å²) in [6.07, 6.45) is 2.29. The first-order valence-corrected chi connectivity index (χ1v) is 9.47. The number of rotatable bonds is 3. The van der Waals surface area contributed by atoms with Gasteiger partial charge >= 0.3 is 5.97 Å². The number of benzene rings is 1. The van der Waals surface area contributed by atoms with Crippen molar-refractivity contribution in [2.45, 2.75) is 59.1 Å². The summed E-state index contributed by atoms with van der Waals surface area (Å²) in [5.41, 5.74) is 4.02. The Balaban J connectivity index is 1.62. The van der Waals surface area contributed by atoms with Crippen LogP contribution in [-0.4, -0.2) is 29.2 Å². The van der Waals surface area contributed by atoms with Gasteiger partial charge in [0.15, 0.2) is 0 Å².